The molecule has 1 unspecified atom stereocenters. The number of ether oxygens (including phenoxy) is 1. The maximum absolute atomic E-state index is 11.8. The third-order valence-electron chi connectivity index (χ3n) is 2.53. The first-order valence-corrected chi connectivity index (χ1v) is 6.44. The van der Waals surface area contributed by atoms with Crippen molar-refractivity contribution in [3.8, 4) is 5.75 Å². The van der Waals surface area contributed by atoms with E-state index in [0.717, 1.165) is 24.4 Å². The highest BCUT2D eigenvalue weighted by atomic mass is 35.5. The van der Waals surface area contributed by atoms with E-state index in [1.165, 1.54) is 0 Å². The van der Waals surface area contributed by atoms with Crippen LogP contribution in [0.15, 0.2) is 24.3 Å². The van der Waals surface area contributed by atoms with E-state index >= 15 is 0 Å². The van der Waals surface area contributed by atoms with Gasteiger partial charge in [-0.05, 0) is 51.1 Å². The molecule has 0 aliphatic carbocycles. The van der Waals surface area contributed by atoms with E-state index in [2.05, 4.69) is 17.6 Å². The van der Waals surface area contributed by atoms with Crippen LogP contribution in [-0.2, 0) is 4.79 Å². The number of benzene rings is 1. The van der Waals surface area contributed by atoms with Crippen LogP contribution in [-0.4, -0.2) is 25.1 Å². The lowest BCUT2D eigenvalue weighted by molar-refractivity contribution is -0.117. The van der Waals surface area contributed by atoms with Crippen LogP contribution >= 0.6 is 12.4 Å². The number of anilines is 1. The van der Waals surface area contributed by atoms with Crippen molar-refractivity contribution in [2.45, 2.75) is 33.2 Å². The van der Waals surface area contributed by atoms with Crippen LogP contribution < -0.4 is 15.4 Å². The monoisotopic (exact) mass is 286 g/mol. The molecule has 19 heavy (non-hydrogen) atoms. The minimum Gasteiger partial charge on any atom is -0.494 e. The minimum absolute atomic E-state index is 0. The van der Waals surface area contributed by atoms with Gasteiger partial charge in [-0.2, -0.15) is 0 Å². The molecule has 4 nitrogen and oxygen atoms in total. The first-order chi connectivity index (χ1) is 8.67. The van der Waals surface area contributed by atoms with Crippen molar-refractivity contribution >= 4 is 24.0 Å². The number of amides is 1. The van der Waals surface area contributed by atoms with Crippen molar-refractivity contribution in [3.05, 3.63) is 24.3 Å². The van der Waals surface area contributed by atoms with Crippen molar-refractivity contribution in [2.24, 2.45) is 0 Å². The van der Waals surface area contributed by atoms with Gasteiger partial charge in [0.1, 0.15) is 5.75 Å². The molecule has 1 atom stereocenters. The highest BCUT2D eigenvalue weighted by molar-refractivity contribution is 5.94. The average molecular weight is 287 g/mol. The number of rotatable bonds is 7. The van der Waals surface area contributed by atoms with Crippen LogP contribution in [0.3, 0.4) is 0 Å². The van der Waals surface area contributed by atoms with E-state index in [1.54, 1.807) is 0 Å². The summed E-state index contributed by atoms with van der Waals surface area (Å²) in [7, 11) is 0. The molecular weight excluding hydrogens is 264 g/mol. The van der Waals surface area contributed by atoms with Gasteiger partial charge in [0.25, 0.3) is 0 Å². The molecule has 0 saturated heterocycles. The highest BCUT2D eigenvalue weighted by Gasteiger charge is 2.11. The molecule has 2 N–H and O–H groups in total. The zero-order valence-corrected chi connectivity index (χ0v) is 12.5. The van der Waals surface area contributed by atoms with E-state index in [9.17, 15) is 4.79 Å². The zero-order chi connectivity index (χ0) is 13.4. The summed E-state index contributed by atoms with van der Waals surface area (Å²) in [5.74, 6) is 0.792. The van der Waals surface area contributed by atoms with E-state index < -0.39 is 0 Å². The number of halogens is 1. The molecule has 0 fully saturated rings. The molecule has 0 radical (unpaired) electrons. The second-order valence-corrected chi connectivity index (χ2v) is 4.12. The molecular formula is C14H23ClN2O2. The van der Waals surface area contributed by atoms with Crippen LogP contribution in [0.25, 0.3) is 0 Å². The third kappa shape index (κ3) is 6.45. The Morgan fingerprint density at radius 3 is 2.42 bits per heavy atom. The summed E-state index contributed by atoms with van der Waals surface area (Å²) in [5.41, 5.74) is 0.786. The van der Waals surface area contributed by atoms with Crippen molar-refractivity contribution in [1.29, 1.82) is 0 Å². The van der Waals surface area contributed by atoms with Gasteiger partial charge in [0, 0.05) is 5.69 Å². The fourth-order valence-electron chi connectivity index (χ4n) is 1.51. The van der Waals surface area contributed by atoms with E-state index in [-0.39, 0.29) is 24.4 Å². The van der Waals surface area contributed by atoms with Crippen LogP contribution in [0.4, 0.5) is 5.69 Å². The quantitative estimate of drug-likeness (QED) is 0.810. The molecule has 1 amide bonds. The predicted octanol–water partition coefficient (Wildman–Crippen LogP) is 2.83. The van der Waals surface area contributed by atoms with Gasteiger partial charge in [-0.15, -0.1) is 12.4 Å². The predicted molar refractivity (Wildman–Crippen MR) is 81.2 cm³/mol. The lowest BCUT2D eigenvalue weighted by Gasteiger charge is -2.13. The van der Waals surface area contributed by atoms with Crippen LogP contribution in [0.2, 0.25) is 0 Å². The highest BCUT2D eigenvalue weighted by Crippen LogP contribution is 2.15. The topological polar surface area (TPSA) is 50.4 Å². The van der Waals surface area contributed by atoms with Gasteiger partial charge in [-0.3, -0.25) is 4.79 Å². The molecule has 0 spiro atoms. The van der Waals surface area contributed by atoms with Crippen LogP contribution in [0.5, 0.6) is 5.75 Å². The largest absolute Gasteiger partial charge is 0.494 e. The molecule has 0 aliphatic rings. The molecule has 108 valence electrons. The summed E-state index contributed by atoms with van der Waals surface area (Å²) >= 11 is 0. The number of carbonyl (C=O) groups excluding carboxylic acids is 1. The molecule has 0 bridgehead atoms. The molecule has 0 aromatic heterocycles. The maximum Gasteiger partial charge on any atom is 0.241 e. The molecule has 1 aromatic carbocycles. The first-order valence-electron chi connectivity index (χ1n) is 6.44. The van der Waals surface area contributed by atoms with Gasteiger partial charge in [0.2, 0.25) is 5.91 Å². The second kappa shape index (κ2) is 9.64. The Balaban J connectivity index is 0.00000324. The van der Waals surface area contributed by atoms with Gasteiger partial charge < -0.3 is 15.4 Å². The number of hydrogen-bond acceptors (Lipinski definition) is 3. The number of nitrogens with one attached hydrogen (secondary N) is 2. The normalized spacial score (nSPS) is 11.3. The molecule has 5 heteroatoms. The van der Waals surface area contributed by atoms with Crippen LogP contribution in [0.1, 0.15) is 27.2 Å². The fraction of sp³-hybridized carbons (Fsp3) is 0.500. The van der Waals surface area contributed by atoms with Crippen molar-refractivity contribution < 1.29 is 9.53 Å². The van der Waals surface area contributed by atoms with Gasteiger partial charge in [-0.1, -0.05) is 6.92 Å². The zero-order valence-electron chi connectivity index (χ0n) is 11.7. The molecule has 1 aromatic rings. The third-order valence-corrected chi connectivity index (χ3v) is 2.53. The standard InChI is InChI=1S/C14H22N2O2.ClH/c1-4-10-15-11(3)14(17)16-12-6-8-13(9-7-12)18-5-2;/h6-9,11,15H,4-5,10H2,1-3H3,(H,16,17);1H. The van der Waals surface area contributed by atoms with Gasteiger partial charge in [0.05, 0.1) is 12.6 Å². The Hall–Kier alpha value is -1.26. The second-order valence-electron chi connectivity index (χ2n) is 4.12. The summed E-state index contributed by atoms with van der Waals surface area (Å²) in [6.07, 6.45) is 1.01. The maximum atomic E-state index is 11.8. The van der Waals surface area contributed by atoms with Gasteiger partial charge in [-0.25, -0.2) is 0 Å². The van der Waals surface area contributed by atoms with Crippen molar-refractivity contribution in [3.63, 3.8) is 0 Å². The minimum atomic E-state index is -0.184. The Morgan fingerprint density at radius 2 is 1.89 bits per heavy atom. The average Bonchev–Trinajstić information content (AvgIpc) is 2.38. The fourth-order valence-corrected chi connectivity index (χ4v) is 1.51. The molecule has 0 heterocycles. The first kappa shape index (κ1) is 17.7. The number of hydrogen-bond donors (Lipinski definition) is 2. The SMILES string of the molecule is CCCNC(C)C(=O)Nc1ccc(OCC)cc1.Cl. The molecule has 0 aliphatic heterocycles. The lowest BCUT2D eigenvalue weighted by Crippen LogP contribution is -2.38. The van der Waals surface area contributed by atoms with E-state index in [1.807, 2.05) is 38.1 Å². The number of carbonyl (C=O) groups is 1. The molecule has 0 saturated carbocycles. The van der Waals surface area contributed by atoms with Gasteiger partial charge >= 0.3 is 0 Å². The van der Waals surface area contributed by atoms with Crippen molar-refractivity contribution in [1.82, 2.24) is 5.32 Å². The van der Waals surface area contributed by atoms with E-state index in [0.29, 0.717) is 6.61 Å². The Kier molecular flexibility index (Phi) is 9.00. The summed E-state index contributed by atoms with van der Waals surface area (Å²) < 4.78 is 5.34. The van der Waals surface area contributed by atoms with Crippen molar-refractivity contribution in [2.75, 3.05) is 18.5 Å². The summed E-state index contributed by atoms with van der Waals surface area (Å²) in [5, 5.41) is 6.01. The summed E-state index contributed by atoms with van der Waals surface area (Å²) in [6.45, 7) is 7.36. The summed E-state index contributed by atoms with van der Waals surface area (Å²) in [4.78, 5) is 11.8. The Bertz CT molecular complexity index is 368. The Labute approximate surface area is 121 Å². The summed E-state index contributed by atoms with van der Waals surface area (Å²) in [6, 6.07) is 7.20. The Morgan fingerprint density at radius 1 is 1.26 bits per heavy atom. The lowest BCUT2D eigenvalue weighted by atomic mass is 10.2. The smallest absolute Gasteiger partial charge is 0.241 e. The van der Waals surface area contributed by atoms with E-state index in [4.69, 9.17) is 4.74 Å². The van der Waals surface area contributed by atoms with Crippen LogP contribution in [0, 0.1) is 0 Å². The molecule has 1 rings (SSSR count). The van der Waals surface area contributed by atoms with Gasteiger partial charge in [0.15, 0.2) is 0 Å².